The number of carbonyl (C=O) groups excluding carboxylic acids is 1. The first-order valence-electron chi connectivity index (χ1n) is 6.93. The lowest BCUT2D eigenvalue weighted by Crippen LogP contribution is -2.26. The van der Waals surface area contributed by atoms with Crippen LogP contribution >= 0.6 is 0 Å². The summed E-state index contributed by atoms with van der Waals surface area (Å²) in [4.78, 5) is 24.4. The zero-order chi connectivity index (χ0) is 16.4. The zero-order valence-corrected chi connectivity index (χ0v) is 12.4. The fourth-order valence-electron chi connectivity index (χ4n) is 2.40. The van der Waals surface area contributed by atoms with Crippen LogP contribution in [0.15, 0.2) is 42.5 Å². The summed E-state index contributed by atoms with van der Waals surface area (Å²) in [6, 6.07) is 11.3. The van der Waals surface area contributed by atoms with Crippen LogP contribution in [0, 0.1) is 10.1 Å². The highest BCUT2D eigenvalue weighted by atomic mass is 16.7. The molecule has 0 aliphatic carbocycles. The van der Waals surface area contributed by atoms with Gasteiger partial charge in [-0.3, -0.25) is 14.9 Å². The van der Waals surface area contributed by atoms with Crippen LogP contribution in [0.5, 0.6) is 11.5 Å². The monoisotopic (exact) mass is 314 g/mol. The Balaban J connectivity index is 1.79. The molecule has 0 radical (unpaired) electrons. The number of carbonyl (C=O) groups is 1. The second-order valence-electron chi connectivity index (χ2n) is 5.12. The lowest BCUT2D eigenvalue weighted by molar-refractivity contribution is -0.385. The summed E-state index contributed by atoms with van der Waals surface area (Å²) in [6.45, 7) is 0.491. The summed E-state index contributed by atoms with van der Waals surface area (Å²) in [7, 11) is 1.60. The Labute approximate surface area is 132 Å². The van der Waals surface area contributed by atoms with Crippen molar-refractivity contribution in [3.63, 3.8) is 0 Å². The van der Waals surface area contributed by atoms with Crippen molar-refractivity contribution in [3.8, 4) is 11.5 Å². The summed E-state index contributed by atoms with van der Waals surface area (Å²) in [5.41, 5.74) is 0.722. The zero-order valence-electron chi connectivity index (χ0n) is 12.4. The van der Waals surface area contributed by atoms with Gasteiger partial charge in [-0.15, -0.1) is 0 Å². The van der Waals surface area contributed by atoms with Crippen molar-refractivity contribution in [1.29, 1.82) is 0 Å². The number of para-hydroxylation sites is 1. The van der Waals surface area contributed by atoms with E-state index in [2.05, 4.69) is 0 Å². The van der Waals surface area contributed by atoms with Crippen molar-refractivity contribution >= 4 is 11.6 Å². The van der Waals surface area contributed by atoms with Crippen LogP contribution < -0.4 is 9.47 Å². The maximum Gasteiger partial charge on any atom is 0.282 e. The molecule has 3 rings (SSSR count). The normalized spacial score (nSPS) is 12.0. The minimum absolute atomic E-state index is 0.0701. The van der Waals surface area contributed by atoms with Crippen molar-refractivity contribution in [1.82, 2.24) is 4.90 Å². The van der Waals surface area contributed by atoms with Gasteiger partial charge in [0.05, 0.1) is 4.92 Å². The van der Waals surface area contributed by atoms with Gasteiger partial charge in [-0.1, -0.05) is 18.2 Å². The molecule has 1 amide bonds. The number of nitrogens with zero attached hydrogens (tertiary/aromatic N) is 2. The topological polar surface area (TPSA) is 81.9 Å². The SMILES string of the molecule is CN(Cc1ccc2c(c1)OCO2)C(=O)c1ccccc1[N+](=O)[O-]. The molecule has 118 valence electrons. The number of amides is 1. The van der Waals surface area contributed by atoms with Crippen molar-refractivity contribution in [2.75, 3.05) is 13.8 Å². The van der Waals surface area contributed by atoms with Gasteiger partial charge in [0.1, 0.15) is 5.56 Å². The van der Waals surface area contributed by atoms with Crippen LogP contribution in [0.3, 0.4) is 0 Å². The number of nitro benzene ring substituents is 1. The van der Waals surface area contributed by atoms with E-state index in [0.29, 0.717) is 18.0 Å². The maximum atomic E-state index is 12.5. The van der Waals surface area contributed by atoms with Crippen molar-refractivity contribution in [2.24, 2.45) is 0 Å². The van der Waals surface area contributed by atoms with E-state index in [9.17, 15) is 14.9 Å². The Kier molecular flexibility index (Phi) is 3.84. The van der Waals surface area contributed by atoms with Gasteiger partial charge >= 0.3 is 0 Å². The molecule has 0 saturated carbocycles. The van der Waals surface area contributed by atoms with E-state index in [1.165, 1.54) is 23.1 Å². The number of hydrogen-bond acceptors (Lipinski definition) is 5. The molecule has 0 atom stereocenters. The molecule has 0 unspecified atom stereocenters. The van der Waals surface area contributed by atoms with Gasteiger partial charge in [-0.05, 0) is 23.8 Å². The molecule has 1 heterocycles. The standard InChI is InChI=1S/C16H14N2O5/c1-17(9-11-6-7-14-15(8-11)23-10-22-14)16(19)12-4-2-3-5-13(12)18(20)21/h2-8H,9-10H2,1H3. The average molecular weight is 314 g/mol. The summed E-state index contributed by atoms with van der Waals surface area (Å²) >= 11 is 0. The fourth-order valence-corrected chi connectivity index (χ4v) is 2.40. The van der Waals surface area contributed by atoms with Gasteiger partial charge in [-0.2, -0.15) is 0 Å². The summed E-state index contributed by atoms with van der Waals surface area (Å²) < 4.78 is 10.5. The van der Waals surface area contributed by atoms with Crippen LogP contribution in [0.1, 0.15) is 15.9 Å². The van der Waals surface area contributed by atoms with Crippen molar-refractivity contribution in [3.05, 3.63) is 63.7 Å². The van der Waals surface area contributed by atoms with Crippen molar-refractivity contribution < 1.29 is 19.2 Å². The van der Waals surface area contributed by atoms with Gasteiger partial charge in [-0.25, -0.2) is 0 Å². The molecular weight excluding hydrogens is 300 g/mol. The van der Waals surface area contributed by atoms with E-state index in [0.717, 1.165) is 5.56 Å². The van der Waals surface area contributed by atoms with Crippen LogP contribution in [-0.4, -0.2) is 29.6 Å². The molecule has 1 aliphatic rings. The fraction of sp³-hybridized carbons (Fsp3) is 0.188. The third-order valence-corrected chi connectivity index (χ3v) is 3.53. The molecule has 2 aromatic rings. The van der Waals surface area contributed by atoms with Crippen LogP contribution in [0.2, 0.25) is 0 Å². The molecule has 23 heavy (non-hydrogen) atoms. The number of nitro groups is 1. The minimum atomic E-state index is -0.554. The lowest BCUT2D eigenvalue weighted by Gasteiger charge is -2.17. The highest BCUT2D eigenvalue weighted by Crippen LogP contribution is 2.32. The Morgan fingerprint density at radius 2 is 1.96 bits per heavy atom. The highest BCUT2D eigenvalue weighted by Gasteiger charge is 2.22. The molecule has 7 heteroatoms. The predicted molar refractivity (Wildman–Crippen MR) is 81.5 cm³/mol. The molecule has 0 bridgehead atoms. The van der Waals surface area contributed by atoms with E-state index < -0.39 is 10.8 Å². The number of benzene rings is 2. The number of ether oxygens (including phenoxy) is 2. The number of rotatable bonds is 4. The molecule has 0 fully saturated rings. The van der Waals surface area contributed by atoms with E-state index in [4.69, 9.17) is 9.47 Å². The van der Waals surface area contributed by atoms with E-state index in [-0.39, 0.29) is 18.0 Å². The van der Waals surface area contributed by atoms with E-state index >= 15 is 0 Å². The molecule has 0 N–H and O–H groups in total. The first-order valence-corrected chi connectivity index (χ1v) is 6.93. The van der Waals surface area contributed by atoms with Gasteiger partial charge in [0.25, 0.3) is 11.6 Å². The maximum absolute atomic E-state index is 12.5. The Morgan fingerprint density at radius 3 is 2.74 bits per heavy atom. The van der Waals surface area contributed by atoms with Crippen LogP contribution in [0.25, 0.3) is 0 Å². The number of hydrogen-bond donors (Lipinski definition) is 0. The average Bonchev–Trinajstić information content (AvgIpc) is 3.01. The molecule has 0 aromatic heterocycles. The van der Waals surface area contributed by atoms with Gasteiger partial charge in [0.15, 0.2) is 11.5 Å². The first kappa shape index (κ1) is 14.8. The Morgan fingerprint density at radius 1 is 1.22 bits per heavy atom. The smallest absolute Gasteiger partial charge is 0.282 e. The Hall–Kier alpha value is -3.09. The first-order chi connectivity index (χ1) is 11.1. The summed E-state index contributed by atoms with van der Waals surface area (Å²) in [5, 5.41) is 11.0. The van der Waals surface area contributed by atoms with Gasteiger partial charge in [0.2, 0.25) is 6.79 Å². The summed E-state index contributed by atoms with van der Waals surface area (Å²) in [5.74, 6) is 0.894. The predicted octanol–water partition coefficient (Wildman–Crippen LogP) is 2.60. The molecule has 0 saturated heterocycles. The summed E-state index contributed by atoms with van der Waals surface area (Å²) in [6.07, 6.45) is 0. The van der Waals surface area contributed by atoms with Crippen LogP contribution in [-0.2, 0) is 6.54 Å². The minimum Gasteiger partial charge on any atom is -0.454 e. The van der Waals surface area contributed by atoms with Crippen LogP contribution in [0.4, 0.5) is 5.69 Å². The van der Waals surface area contributed by atoms with E-state index in [1.54, 1.807) is 25.2 Å². The largest absolute Gasteiger partial charge is 0.454 e. The third-order valence-electron chi connectivity index (χ3n) is 3.53. The number of fused-ring (bicyclic) bond motifs is 1. The van der Waals surface area contributed by atoms with Gasteiger partial charge < -0.3 is 14.4 Å². The second-order valence-corrected chi connectivity index (χ2v) is 5.12. The lowest BCUT2D eigenvalue weighted by atomic mass is 10.1. The van der Waals surface area contributed by atoms with Gasteiger partial charge in [0, 0.05) is 19.7 Å². The van der Waals surface area contributed by atoms with E-state index in [1.807, 2.05) is 6.07 Å². The highest BCUT2D eigenvalue weighted by molar-refractivity contribution is 5.97. The molecular formula is C16H14N2O5. The molecule has 0 spiro atoms. The van der Waals surface area contributed by atoms with Crippen molar-refractivity contribution in [2.45, 2.75) is 6.54 Å². The molecule has 2 aromatic carbocycles. The molecule has 1 aliphatic heterocycles. The third kappa shape index (κ3) is 2.94. The Bertz CT molecular complexity index is 775. The second kappa shape index (κ2) is 5.96. The molecule has 7 nitrogen and oxygen atoms in total. The quantitative estimate of drug-likeness (QED) is 0.640.